The molecule has 1 heterocycles. The Hall–Kier alpha value is -1.55. The van der Waals surface area contributed by atoms with Crippen LogP contribution in [-0.4, -0.2) is 5.16 Å². The van der Waals surface area contributed by atoms with E-state index in [9.17, 15) is 4.39 Å². The van der Waals surface area contributed by atoms with Crippen molar-refractivity contribution in [2.75, 3.05) is 5.73 Å². The fourth-order valence-corrected chi connectivity index (χ4v) is 1.71. The van der Waals surface area contributed by atoms with Crippen molar-refractivity contribution >= 4 is 17.5 Å². The molecule has 0 aliphatic carbocycles. The van der Waals surface area contributed by atoms with Gasteiger partial charge >= 0.3 is 0 Å². The molecule has 0 spiro atoms. The quantitative estimate of drug-likeness (QED) is 0.876. The van der Waals surface area contributed by atoms with Gasteiger partial charge in [0.1, 0.15) is 11.5 Å². The summed E-state index contributed by atoms with van der Waals surface area (Å²) in [6.07, 6.45) is 0.694. The SMILES string of the molecule is CCc1c(-c2ccc(F)c(Cl)c2)noc1N. The summed E-state index contributed by atoms with van der Waals surface area (Å²) in [5.74, 6) is -0.169. The number of hydrogen-bond acceptors (Lipinski definition) is 3. The molecule has 5 heteroatoms. The van der Waals surface area contributed by atoms with Crippen LogP contribution < -0.4 is 5.73 Å². The van der Waals surface area contributed by atoms with Gasteiger partial charge in [-0.25, -0.2) is 4.39 Å². The lowest BCUT2D eigenvalue weighted by atomic mass is 10.1. The molecule has 3 nitrogen and oxygen atoms in total. The molecule has 2 rings (SSSR count). The highest BCUT2D eigenvalue weighted by atomic mass is 35.5. The molecule has 0 amide bonds. The molecule has 0 unspecified atom stereocenters. The first-order valence-corrected chi connectivity index (χ1v) is 5.20. The van der Waals surface area contributed by atoms with E-state index in [4.69, 9.17) is 21.9 Å². The van der Waals surface area contributed by atoms with Crippen molar-refractivity contribution in [2.45, 2.75) is 13.3 Å². The minimum absolute atomic E-state index is 0.0566. The minimum atomic E-state index is -0.458. The Balaban J connectivity index is 2.54. The van der Waals surface area contributed by atoms with E-state index in [1.165, 1.54) is 12.1 Å². The zero-order valence-electron chi connectivity index (χ0n) is 8.63. The third-order valence-electron chi connectivity index (χ3n) is 2.37. The monoisotopic (exact) mass is 240 g/mol. The highest BCUT2D eigenvalue weighted by molar-refractivity contribution is 6.31. The van der Waals surface area contributed by atoms with Crippen LogP contribution in [0.2, 0.25) is 5.02 Å². The second-order valence-corrected chi connectivity index (χ2v) is 3.76. The topological polar surface area (TPSA) is 52.0 Å². The molecular weight excluding hydrogens is 231 g/mol. The maximum Gasteiger partial charge on any atom is 0.225 e. The summed E-state index contributed by atoms with van der Waals surface area (Å²) in [6, 6.07) is 4.40. The first kappa shape index (κ1) is 11.0. The van der Waals surface area contributed by atoms with Crippen LogP contribution in [-0.2, 0) is 6.42 Å². The summed E-state index contributed by atoms with van der Waals surface area (Å²) in [4.78, 5) is 0. The number of nitrogens with zero attached hydrogens (tertiary/aromatic N) is 1. The second kappa shape index (κ2) is 4.14. The Morgan fingerprint density at radius 2 is 2.25 bits per heavy atom. The number of halogens is 2. The number of anilines is 1. The van der Waals surface area contributed by atoms with E-state index >= 15 is 0 Å². The molecule has 16 heavy (non-hydrogen) atoms. The average Bonchev–Trinajstić information content (AvgIpc) is 2.63. The van der Waals surface area contributed by atoms with Crippen molar-refractivity contribution in [3.8, 4) is 11.3 Å². The highest BCUT2D eigenvalue weighted by Crippen LogP contribution is 2.29. The fraction of sp³-hybridized carbons (Fsp3) is 0.182. The van der Waals surface area contributed by atoms with E-state index in [0.717, 1.165) is 5.56 Å². The van der Waals surface area contributed by atoms with Crippen LogP contribution in [0.15, 0.2) is 22.7 Å². The zero-order valence-corrected chi connectivity index (χ0v) is 9.38. The van der Waals surface area contributed by atoms with Crippen LogP contribution in [0, 0.1) is 5.82 Å². The smallest absolute Gasteiger partial charge is 0.225 e. The molecule has 0 saturated carbocycles. The number of benzene rings is 1. The lowest BCUT2D eigenvalue weighted by molar-refractivity contribution is 0.438. The third-order valence-corrected chi connectivity index (χ3v) is 2.65. The first-order chi connectivity index (χ1) is 7.63. The van der Waals surface area contributed by atoms with Gasteiger partial charge in [0.15, 0.2) is 0 Å². The molecule has 0 fully saturated rings. The zero-order chi connectivity index (χ0) is 11.7. The molecule has 0 atom stereocenters. The summed E-state index contributed by atoms with van der Waals surface area (Å²) in [6.45, 7) is 1.94. The number of nitrogen functional groups attached to an aromatic ring is 1. The van der Waals surface area contributed by atoms with Crippen LogP contribution >= 0.6 is 11.6 Å². The van der Waals surface area contributed by atoms with Crippen molar-refractivity contribution < 1.29 is 8.91 Å². The van der Waals surface area contributed by atoms with Gasteiger partial charge in [0.05, 0.1) is 5.02 Å². The number of hydrogen-bond donors (Lipinski definition) is 1. The Labute approximate surface area is 97.0 Å². The van der Waals surface area contributed by atoms with E-state index in [-0.39, 0.29) is 10.9 Å². The highest BCUT2D eigenvalue weighted by Gasteiger charge is 2.14. The number of nitrogens with two attached hydrogens (primary N) is 1. The Morgan fingerprint density at radius 1 is 1.50 bits per heavy atom. The summed E-state index contributed by atoms with van der Waals surface area (Å²) in [5, 5.41) is 3.90. The van der Waals surface area contributed by atoms with Crippen LogP contribution in [0.25, 0.3) is 11.3 Å². The molecule has 0 aliphatic heterocycles. The minimum Gasteiger partial charge on any atom is -0.367 e. The molecule has 1 aromatic heterocycles. The van der Waals surface area contributed by atoms with Gasteiger partial charge in [0.2, 0.25) is 5.88 Å². The van der Waals surface area contributed by atoms with E-state index in [2.05, 4.69) is 5.16 Å². The van der Waals surface area contributed by atoms with Gasteiger partial charge in [-0.15, -0.1) is 0 Å². The van der Waals surface area contributed by atoms with E-state index in [1.807, 2.05) is 6.92 Å². The average molecular weight is 241 g/mol. The number of aromatic nitrogens is 1. The van der Waals surface area contributed by atoms with Gasteiger partial charge in [-0.2, -0.15) is 0 Å². The Morgan fingerprint density at radius 3 is 2.88 bits per heavy atom. The van der Waals surface area contributed by atoms with Gasteiger partial charge in [0.25, 0.3) is 0 Å². The van der Waals surface area contributed by atoms with E-state index in [1.54, 1.807) is 6.07 Å². The van der Waals surface area contributed by atoms with Crippen LogP contribution in [0.5, 0.6) is 0 Å². The standard InChI is InChI=1S/C11H10ClFN2O/c1-2-7-10(15-16-11(7)14)6-3-4-9(13)8(12)5-6/h3-5H,2,14H2,1H3. The molecule has 1 aromatic carbocycles. The molecule has 0 saturated heterocycles. The van der Waals surface area contributed by atoms with Crippen LogP contribution in [0.1, 0.15) is 12.5 Å². The van der Waals surface area contributed by atoms with Gasteiger partial charge in [-0.1, -0.05) is 23.7 Å². The fourth-order valence-electron chi connectivity index (χ4n) is 1.53. The maximum atomic E-state index is 13.0. The Kier molecular flexibility index (Phi) is 2.83. The summed E-state index contributed by atoms with van der Waals surface area (Å²) in [7, 11) is 0. The molecule has 84 valence electrons. The van der Waals surface area contributed by atoms with Gasteiger partial charge in [0, 0.05) is 11.1 Å². The van der Waals surface area contributed by atoms with Crippen LogP contribution in [0.4, 0.5) is 10.3 Å². The summed E-state index contributed by atoms with van der Waals surface area (Å²) >= 11 is 5.70. The normalized spacial score (nSPS) is 10.7. The predicted octanol–water partition coefficient (Wildman–Crippen LogP) is 3.28. The first-order valence-electron chi connectivity index (χ1n) is 4.83. The Bertz CT molecular complexity index is 525. The second-order valence-electron chi connectivity index (χ2n) is 3.36. The molecule has 2 N–H and O–H groups in total. The lowest BCUT2D eigenvalue weighted by Gasteiger charge is -2.00. The molecule has 0 bridgehead atoms. The van der Waals surface area contributed by atoms with Crippen molar-refractivity contribution in [1.29, 1.82) is 0 Å². The van der Waals surface area contributed by atoms with Crippen molar-refractivity contribution in [2.24, 2.45) is 0 Å². The summed E-state index contributed by atoms with van der Waals surface area (Å²) < 4.78 is 17.9. The number of rotatable bonds is 2. The van der Waals surface area contributed by atoms with Crippen LogP contribution in [0.3, 0.4) is 0 Å². The maximum absolute atomic E-state index is 13.0. The van der Waals surface area contributed by atoms with Gasteiger partial charge < -0.3 is 10.3 Å². The lowest BCUT2D eigenvalue weighted by Crippen LogP contribution is -1.90. The third kappa shape index (κ3) is 1.76. The summed E-state index contributed by atoms with van der Waals surface area (Å²) in [5.41, 5.74) is 7.74. The van der Waals surface area contributed by atoms with E-state index < -0.39 is 5.82 Å². The van der Waals surface area contributed by atoms with E-state index in [0.29, 0.717) is 17.7 Å². The molecule has 0 radical (unpaired) electrons. The van der Waals surface area contributed by atoms with Gasteiger partial charge in [-0.3, -0.25) is 0 Å². The van der Waals surface area contributed by atoms with Crippen molar-refractivity contribution in [1.82, 2.24) is 5.16 Å². The van der Waals surface area contributed by atoms with Crippen molar-refractivity contribution in [3.63, 3.8) is 0 Å². The predicted molar refractivity (Wildman–Crippen MR) is 60.7 cm³/mol. The van der Waals surface area contributed by atoms with Crippen molar-refractivity contribution in [3.05, 3.63) is 34.6 Å². The molecule has 0 aliphatic rings. The largest absolute Gasteiger partial charge is 0.367 e. The molecular formula is C11H10ClFN2O. The molecule has 2 aromatic rings. The van der Waals surface area contributed by atoms with Gasteiger partial charge in [-0.05, 0) is 24.6 Å².